The van der Waals surface area contributed by atoms with Crippen LogP contribution in [0.2, 0.25) is 0 Å². The van der Waals surface area contributed by atoms with Gasteiger partial charge in [0.05, 0.1) is 6.26 Å². The first-order valence-electron chi connectivity index (χ1n) is 6.64. The lowest BCUT2D eigenvalue weighted by molar-refractivity contribution is 0.445. The molecule has 3 nitrogen and oxygen atoms in total. The van der Waals surface area contributed by atoms with Crippen LogP contribution in [0.15, 0.2) is 45.6 Å². The van der Waals surface area contributed by atoms with Crippen molar-refractivity contribution in [3.05, 3.63) is 52.7 Å². The zero-order valence-electron chi connectivity index (χ0n) is 11.1. The number of nitrogens with zero attached hydrogens (tertiary/aromatic N) is 1. The largest absolute Gasteiger partial charge is 0.469 e. The average Bonchev–Trinajstić information content (AvgIpc) is 2.92. The molecule has 1 atom stereocenters. The summed E-state index contributed by atoms with van der Waals surface area (Å²) in [7, 11) is 0. The van der Waals surface area contributed by atoms with Gasteiger partial charge < -0.3 is 9.73 Å². The van der Waals surface area contributed by atoms with Crippen molar-refractivity contribution in [2.75, 3.05) is 6.54 Å². The minimum absolute atomic E-state index is 0.434. The summed E-state index contributed by atoms with van der Waals surface area (Å²) in [5.41, 5.74) is 1.12. The van der Waals surface area contributed by atoms with Crippen molar-refractivity contribution in [3.8, 4) is 0 Å². The van der Waals surface area contributed by atoms with Crippen LogP contribution in [-0.4, -0.2) is 17.6 Å². The van der Waals surface area contributed by atoms with Crippen molar-refractivity contribution in [1.82, 2.24) is 10.3 Å². The number of furan rings is 1. The lowest BCUT2D eigenvalue weighted by Crippen LogP contribution is -2.31. The van der Waals surface area contributed by atoms with E-state index < -0.39 is 0 Å². The molecule has 19 heavy (non-hydrogen) atoms. The van der Waals surface area contributed by atoms with E-state index in [2.05, 4.69) is 39.2 Å². The number of aryl methyl sites for hydroxylation is 1. The summed E-state index contributed by atoms with van der Waals surface area (Å²) in [6.07, 6.45) is 6.54. The van der Waals surface area contributed by atoms with Crippen molar-refractivity contribution in [2.45, 2.75) is 32.2 Å². The summed E-state index contributed by atoms with van der Waals surface area (Å²) < 4.78 is 6.40. The highest BCUT2D eigenvalue weighted by Gasteiger charge is 2.10. The highest BCUT2D eigenvalue weighted by Crippen LogP contribution is 2.12. The Morgan fingerprint density at radius 3 is 2.89 bits per heavy atom. The van der Waals surface area contributed by atoms with E-state index in [1.165, 1.54) is 0 Å². The summed E-state index contributed by atoms with van der Waals surface area (Å²) in [5.74, 6) is 1.05. The molecule has 0 saturated carbocycles. The Balaban J connectivity index is 1.89. The quantitative estimate of drug-likeness (QED) is 0.846. The molecule has 0 aromatic carbocycles. The summed E-state index contributed by atoms with van der Waals surface area (Å²) >= 11 is 3.41. The van der Waals surface area contributed by atoms with Crippen LogP contribution >= 0.6 is 15.9 Å². The Hall–Kier alpha value is -1.13. The number of hydrogen-bond donors (Lipinski definition) is 1. The molecule has 0 radical (unpaired) electrons. The normalized spacial score (nSPS) is 12.5. The van der Waals surface area contributed by atoms with Crippen molar-refractivity contribution in [2.24, 2.45) is 0 Å². The number of halogens is 1. The standard InChI is InChI=1S/C15H19BrN2O/c1-2-17-13(7-8-15-4-3-9-19-15)10-14-6-5-12(16)11-18-14/h3-6,9,11,13,17H,2,7-8,10H2,1H3. The van der Waals surface area contributed by atoms with E-state index in [1.807, 2.05) is 24.4 Å². The van der Waals surface area contributed by atoms with Gasteiger partial charge in [-0.3, -0.25) is 4.98 Å². The smallest absolute Gasteiger partial charge is 0.103 e. The Labute approximate surface area is 122 Å². The van der Waals surface area contributed by atoms with E-state index in [-0.39, 0.29) is 0 Å². The van der Waals surface area contributed by atoms with Gasteiger partial charge in [0.2, 0.25) is 0 Å². The van der Waals surface area contributed by atoms with Gasteiger partial charge in [-0.1, -0.05) is 6.92 Å². The highest BCUT2D eigenvalue weighted by atomic mass is 79.9. The van der Waals surface area contributed by atoms with Gasteiger partial charge in [-0.15, -0.1) is 0 Å². The molecule has 0 spiro atoms. The topological polar surface area (TPSA) is 38.1 Å². The fourth-order valence-corrected chi connectivity index (χ4v) is 2.35. The fourth-order valence-electron chi connectivity index (χ4n) is 2.12. The van der Waals surface area contributed by atoms with Gasteiger partial charge in [-0.2, -0.15) is 0 Å². The molecule has 0 bridgehead atoms. The first kappa shape index (κ1) is 14.3. The van der Waals surface area contributed by atoms with Crippen LogP contribution in [0.4, 0.5) is 0 Å². The molecule has 2 heterocycles. The van der Waals surface area contributed by atoms with Crippen molar-refractivity contribution in [1.29, 1.82) is 0 Å². The van der Waals surface area contributed by atoms with Crippen LogP contribution in [-0.2, 0) is 12.8 Å². The Morgan fingerprint density at radius 2 is 2.26 bits per heavy atom. The predicted octanol–water partition coefficient (Wildman–Crippen LogP) is 3.59. The number of hydrogen-bond acceptors (Lipinski definition) is 3. The number of rotatable bonds is 7. The molecule has 4 heteroatoms. The maximum Gasteiger partial charge on any atom is 0.103 e. The zero-order valence-corrected chi connectivity index (χ0v) is 12.7. The van der Waals surface area contributed by atoms with Gasteiger partial charge in [0, 0.05) is 35.2 Å². The van der Waals surface area contributed by atoms with Crippen LogP contribution in [0, 0.1) is 0 Å². The third kappa shape index (κ3) is 4.80. The van der Waals surface area contributed by atoms with Crippen LogP contribution in [0.3, 0.4) is 0 Å². The number of nitrogens with one attached hydrogen (secondary N) is 1. The van der Waals surface area contributed by atoms with Crippen molar-refractivity contribution >= 4 is 15.9 Å². The van der Waals surface area contributed by atoms with E-state index in [9.17, 15) is 0 Å². The fraction of sp³-hybridized carbons (Fsp3) is 0.400. The SMILES string of the molecule is CCNC(CCc1ccco1)Cc1ccc(Br)cn1. The third-order valence-corrected chi connectivity index (χ3v) is 3.53. The monoisotopic (exact) mass is 322 g/mol. The Morgan fingerprint density at radius 1 is 1.37 bits per heavy atom. The average molecular weight is 323 g/mol. The molecule has 2 aromatic heterocycles. The summed E-state index contributed by atoms with van der Waals surface area (Å²) in [6.45, 7) is 3.11. The summed E-state index contributed by atoms with van der Waals surface area (Å²) in [6, 6.07) is 8.51. The zero-order chi connectivity index (χ0) is 13.5. The molecular formula is C15H19BrN2O. The Bertz CT molecular complexity index is 467. The van der Waals surface area contributed by atoms with E-state index in [4.69, 9.17) is 4.42 Å². The molecule has 2 aromatic rings. The molecular weight excluding hydrogens is 304 g/mol. The maximum absolute atomic E-state index is 5.38. The summed E-state index contributed by atoms with van der Waals surface area (Å²) in [5, 5.41) is 3.51. The molecule has 0 aliphatic heterocycles. The maximum atomic E-state index is 5.38. The van der Waals surface area contributed by atoms with Crippen molar-refractivity contribution in [3.63, 3.8) is 0 Å². The van der Waals surface area contributed by atoms with Gasteiger partial charge in [-0.25, -0.2) is 0 Å². The molecule has 0 amide bonds. The first-order chi connectivity index (χ1) is 9.28. The van der Waals surface area contributed by atoms with Crippen LogP contribution in [0.5, 0.6) is 0 Å². The second-order valence-corrected chi connectivity index (χ2v) is 5.46. The van der Waals surface area contributed by atoms with Crippen LogP contribution < -0.4 is 5.32 Å². The van der Waals surface area contributed by atoms with E-state index in [1.54, 1.807) is 6.26 Å². The van der Waals surface area contributed by atoms with Gasteiger partial charge in [0.15, 0.2) is 0 Å². The van der Waals surface area contributed by atoms with Gasteiger partial charge in [0.25, 0.3) is 0 Å². The molecule has 1 N–H and O–H groups in total. The van der Waals surface area contributed by atoms with E-state index in [0.717, 1.165) is 41.7 Å². The predicted molar refractivity (Wildman–Crippen MR) is 80.1 cm³/mol. The summed E-state index contributed by atoms with van der Waals surface area (Å²) in [4.78, 5) is 4.44. The molecule has 0 saturated heterocycles. The van der Waals surface area contributed by atoms with E-state index in [0.29, 0.717) is 6.04 Å². The minimum Gasteiger partial charge on any atom is -0.469 e. The molecule has 102 valence electrons. The number of likely N-dealkylation sites (N-methyl/N-ethyl adjacent to an activating group) is 1. The van der Waals surface area contributed by atoms with Crippen molar-refractivity contribution < 1.29 is 4.42 Å². The molecule has 0 aliphatic rings. The molecule has 0 aliphatic carbocycles. The lowest BCUT2D eigenvalue weighted by Gasteiger charge is -2.16. The van der Waals surface area contributed by atoms with Crippen LogP contribution in [0.25, 0.3) is 0 Å². The lowest BCUT2D eigenvalue weighted by atomic mass is 10.0. The van der Waals surface area contributed by atoms with Gasteiger partial charge in [-0.05, 0) is 53.2 Å². The highest BCUT2D eigenvalue weighted by molar-refractivity contribution is 9.10. The number of aromatic nitrogens is 1. The molecule has 2 rings (SSSR count). The van der Waals surface area contributed by atoms with Gasteiger partial charge >= 0.3 is 0 Å². The Kier molecular flexibility index (Phi) is 5.61. The minimum atomic E-state index is 0.434. The van der Waals surface area contributed by atoms with E-state index >= 15 is 0 Å². The number of pyridine rings is 1. The molecule has 0 fully saturated rings. The van der Waals surface area contributed by atoms with Crippen LogP contribution in [0.1, 0.15) is 24.8 Å². The molecule has 1 unspecified atom stereocenters. The second-order valence-electron chi connectivity index (χ2n) is 4.54. The first-order valence-corrected chi connectivity index (χ1v) is 7.43. The third-order valence-electron chi connectivity index (χ3n) is 3.06. The second kappa shape index (κ2) is 7.46. The van der Waals surface area contributed by atoms with Gasteiger partial charge in [0.1, 0.15) is 5.76 Å².